The molecule has 6 heteroatoms. The Labute approximate surface area is 112 Å². The van der Waals surface area contributed by atoms with Crippen LogP contribution >= 0.6 is 0 Å². The van der Waals surface area contributed by atoms with E-state index in [0.29, 0.717) is 5.69 Å². The minimum atomic E-state index is -0.385. The molecule has 0 aliphatic carbocycles. The van der Waals surface area contributed by atoms with Gasteiger partial charge in [-0.1, -0.05) is 6.07 Å². The van der Waals surface area contributed by atoms with Gasteiger partial charge in [0.2, 0.25) is 0 Å². The second-order valence-electron chi connectivity index (χ2n) is 4.54. The van der Waals surface area contributed by atoms with E-state index in [1.54, 1.807) is 25.4 Å². The number of benzene rings is 1. The minimum Gasteiger partial charge on any atom is -0.383 e. The maximum atomic E-state index is 10.9. The van der Waals surface area contributed by atoms with Gasteiger partial charge in [-0.15, -0.1) is 0 Å². The molecule has 1 aliphatic heterocycles. The summed E-state index contributed by atoms with van der Waals surface area (Å²) < 4.78 is 0. The summed E-state index contributed by atoms with van der Waals surface area (Å²) in [5.74, 6) is 0. The molecule has 0 unspecified atom stereocenters. The Kier molecular flexibility index (Phi) is 4.33. The van der Waals surface area contributed by atoms with Crippen molar-refractivity contribution >= 4 is 17.6 Å². The number of piperidine rings is 1. The van der Waals surface area contributed by atoms with Crippen LogP contribution in [0.15, 0.2) is 23.3 Å². The molecule has 0 amide bonds. The predicted octanol–water partition coefficient (Wildman–Crippen LogP) is 2.46. The molecular formula is C13H18N4O2. The van der Waals surface area contributed by atoms with Crippen LogP contribution < -0.4 is 5.32 Å². The van der Waals surface area contributed by atoms with E-state index >= 15 is 0 Å². The molecule has 1 N–H and O–H groups in total. The van der Waals surface area contributed by atoms with Crippen molar-refractivity contribution < 1.29 is 4.92 Å². The average Bonchev–Trinajstić information content (AvgIpc) is 2.46. The molecule has 0 aromatic heterocycles. The molecule has 0 spiro atoms. The number of nitro benzene ring substituents is 1. The summed E-state index contributed by atoms with van der Waals surface area (Å²) >= 11 is 0. The van der Waals surface area contributed by atoms with Crippen molar-refractivity contribution in [1.29, 1.82) is 0 Å². The van der Waals surface area contributed by atoms with Crippen molar-refractivity contribution in [1.82, 2.24) is 5.01 Å². The number of nitro groups is 1. The fourth-order valence-electron chi connectivity index (χ4n) is 2.13. The lowest BCUT2D eigenvalue weighted by Crippen LogP contribution is -2.24. The molecule has 102 valence electrons. The third kappa shape index (κ3) is 3.43. The Hall–Kier alpha value is -2.11. The van der Waals surface area contributed by atoms with Gasteiger partial charge in [0.15, 0.2) is 0 Å². The molecule has 0 radical (unpaired) electrons. The van der Waals surface area contributed by atoms with Crippen LogP contribution in [0.1, 0.15) is 24.8 Å². The lowest BCUT2D eigenvalue weighted by molar-refractivity contribution is -0.383. The van der Waals surface area contributed by atoms with E-state index in [9.17, 15) is 10.1 Å². The van der Waals surface area contributed by atoms with Crippen LogP contribution in [0.2, 0.25) is 0 Å². The van der Waals surface area contributed by atoms with E-state index in [2.05, 4.69) is 10.4 Å². The number of rotatable bonds is 4. The van der Waals surface area contributed by atoms with Gasteiger partial charge in [0.25, 0.3) is 5.69 Å². The van der Waals surface area contributed by atoms with Gasteiger partial charge in [-0.2, -0.15) is 5.10 Å². The molecule has 1 heterocycles. The van der Waals surface area contributed by atoms with Crippen LogP contribution in [-0.4, -0.2) is 36.3 Å². The number of hydrazone groups is 1. The molecule has 2 rings (SSSR count). The van der Waals surface area contributed by atoms with Crippen LogP contribution in [0.4, 0.5) is 11.4 Å². The average molecular weight is 262 g/mol. The largest absolute Gasteiger partial charge is 0.383 e. The Balaban J connectivity index is 2.13. The Bertz CT molecular complexity index is 482. The number of hydrogen-bond donors (Lipinski definition) is 1. The zero-order chi connectivity index (χ0) is 13.7. The van der Waals surface area contributed by atoms with Crippen LogP contribution in [0, 0.1) is 10.1 Å². The first kappa shape index (κ1) is 13.3. The quantitative estimate of drug-likeness (QED) is 0.514. The first-order valence-electron chi connectivity index (χ1n) is 6.46. The van der Waals surface area contributed by atoms with Crippen LogP contribution in [0.25, 0.3) is 0 Å². The standard InChI is InChI=1S/C13H18N4O2/c1-14-12-6-5-11(9-13(12)17(18)19)10-15-16-7-3-2-4-8-16/h5-6,9-10,14H,2-4,7-8H2,1H3/b15-10+. The van der Waals surface area contributed by atoms with Crippen molar-refractivity contribution in [3.05, 3.63) is 33.9 Å². The van der Waals surface area contributed by atoms with E-state index < -0.39 is 0 Å². The van der Waals surface area contributed by atoms with Crippen LogP contribution in [-0.2, 0) is 0 Å². The molecule has 1 fully saturated rings. The van der Waals surface area contributed by atoms with Crippen molar-refractivity contribution in [3.63, 3.8) is 0 Å². The summed E-state index contributed by atoms with van der Waals surface area (Å²) in [4.78, 5) is 10.6. The zero-order valence-corrected chi connectivity index (χ0v) is 11.0. The SMILES string of the molecule is CNc1ccc(/C=N/N2CCCCC2)cc1[N+](=O)[O-]. The normalized spacial score (nSPS) is 15.7. The van der Waals surface area contributed by atoms with E-state index in [4.69, 9.17) is 0 Å². The lowest BCUT2D eigenvalue weighted by atomic mass is 10.1. The summed E-state index contributed by atoms with van der Waals surface area (Å²) in [6.07, 6.45) is 5.28. The molecule has 0 atom stereocenters. The Morgan fingerprint density at radius 2 is 2.11 bits per heavy atom. The molecule has 19 heavy (non-hydrogen) atoms. The van der Waals surface area contributed by atoms with Crippen molar-refractivity contribution in [2.45, 2.75) is 19.3 Å². The summed E-state index contributed by atoms with van der Waals surface area (Å²) in [7, 11) is 1.67. The van der Waals surface area contributed by atoms with Gasteiger partial charge < -0.3 is 5.32 Å². The summed E-state index contributed by atoms with van der Waals surface area (Å²) in [5.41, 5.74) is 1.33. The van der Waals surface area contributed by atoms with Gasteiger partial charge in [0.1, 0.15) is 5.69 Å². The molecule has 1 aromatic rings. The highest BCUT2D eigenvalue weighted by Crippen LogP contribution is 2.24. The fraction of sp³-hybridized carbons (Fsp3) is 0.462. The van der Waals surface area contributed by atoms with E-state index in [-0.39, 0.29) is 10.6 Å². The highest BCUT2D eigenvalue weighted by atomic mass is 16.6. The summed E-state index contributed by atoms with van der Waals surface area (Å²) in [5, 5.41) is 20.2. The van der Waals surface area contributed by atoms with E-state index in [1.807, 2.05) is 11.1 Å². The topological polar surface area (TPSA) is 70.8 Å². The number of nitrogens with one attached hydrogen (secondary N) is 1. The van der Waals surface area contributed by atoms with Gasteiger partial charge in [0.05, 0.1) is 11.1 Å². The fourth-order valence-corrected chi connectivity index (χ4v) is 2.13. The highest BCUT2D eigenvalue weighted by Gasteiger charge is 2.13. The van der Waals surface area contributed by atoms with Gasteiger partial charge in [-0.05, 0) is 25.3 Å². The molecule has 6 nitrogen and oxygen atoms in total. The number of anilines is 1. The van der Waals surface area contributed by atoms with Gasteiger partial charge in [-0.3, -0.25) is 15.1 Å². The van der Waals surface area contributed by atoms with Crippen LogP contribution in [0.3, 0.4) is 0 Å². The lowest BCUT2D eigenvalue weighted by Gasteiger charge is -2.23. The smallest absolute Gasteiger partial charge is 0.292 e. The number of nitrogens with zero attached hydrogens (tertiary/aromatic N) is 3. The molecule has 1 aliphatic rings. The van der Waals surface area contributed by atoms with Gasteiger partial charge in [0, 0.05) is 31.8 Å². The van der Waals surface area contributed by atoms with Crippen molar-refractivity contribution in [2.75, 3.05) is 25.5 Å². The van der Waals surface area contributed by atoms with Gasteiger partial charge in [-0.25, -0.2) is 0 Å². The third-order valence-electron chi connectivity index (χ3n) is 3.19. The monoisotopic (exact) mass is 262 g/mol. The van der Waals surface area contributed by atoms with Crippen molar-refractivity contribution in [2.24, 2.45) is 5.10 Å². The van der Waals surface area contributed by atoms with E-state index in [1.165, 1.54) is 6.42 Å². The number of hydrogen-bond acceptors (Lipinski definition) is 5. The molecular weight excluding hydrogens is 244 g/mol. The van der Waals surface area contributed by atoms with Crippen molar-refractivity contribution in [3.8, 4) is 0 Å². The molecule has 1 aromatic carbocycles. The molecule has 0 bridgehead atoms. The predicted molar refractivity (Wildman–Crippen MR) is 75.7 cm³/mol. The highest BCUT2D eigenvalue weighted by molar-refractivity contribution is 5.82. The second kappa shape index (κ2) is 6.17. The maximum Gasteiger partial charge on any atom is 0.292 e. The minimum absolute atomic E-state index is 0.0742. The Morgan fingerprint density at radius 1 is 1.37 bits per heavy atom. The van der Waals surface area contributed by atoms with Gasteiger partial charge >= 0.3 is 0 Å². The van der Waals surface area contributed by atoms with Crippen LogP contribution in [0.5, 0.6) is 0 Å². The zero-order valence-electron chi connectivity index (χ0n) is 11.0. The Morgan fingerprint density at radius 3 is 2.74 bits per heavy atom. The first-order valence-corrected chi connectivity index (χ1v) is 6.46. The maximum absolute atomic E-state index is 10.9. The van der Waals surface area contributed by atoms with E-state index in [0.717, 1.165) is 31.5 Å². The molecule has 0 saturated carbocycles. The second-order valence-corrected chi connectivity index (χ2v) is 4.54. The first-order chi connectivity index (χ1) is 9.20. The summed E-state index contributed by atoms with van der Waals surface area (Å²) in [6, 6.07) is 5.07. The summed E-state index contributed by atoms with van der Waals surface area (Å²) in [6.45, 7) is 1.93. The molecule has 1 saturated heterocycles. The third-order valence-corrected chi connectivity index (χ3v) is 3.19.